The first-order chi connectivity index (χ1) is 19.1. The fraction of sp³-hybridized carbons (Fsp3) is 0.323. The number of aromatic amines is 1. The molecule has 8 heteroatoms. The van der Waals surface area contributed by atoms with Gasteiger partial charge in [0.05, 0.1) is 11.6 Å². The van der Waals surface area contributed by atoms with Crippen LogP contribution in [0.2, 0.25) is 0 Å². The fourth-order valence-electron chi connectivity index (χ4n) is 5.98. The minimum Gasteiger partial charge on any atom is -0.321 e. The summed E-state index contributed by atoms with van der Waals surface area (Å²) in [5.41, 5.74) is 5.80. The topological polar surface area (TPSA) is 92.6 Å². The summed E-state index contributed by atoms with van der Waals surface area (Å²) in [6.07, 6.45) is 8.06. The Bertz CT molecular complexity index is 1580. The van der Waals surface area contributed by atoms with Gasteiger partial charge >= 0.3 is 0 Å². The van der Waals surface area contributed by atoms with E-state index in [4.69, 9.17) is 0 Å². The van der Waals surface area contributed by atoms with E-state index in [-0.39, 0.29) is 11.6 Å². The molecule has 8 nitrogen and oxygen atoms in total. The Kier molecular flexibility index (Phi) is 7.02. The summed E-state index contributed by atoms with van der Waals surface area (Å²) in [7, 11) is 0. The average Bonchev–Trinajstić information content (AvgIpc) is 3.63. The number of aromatic nitrogens is 6. The zero-order chi connectivity index (χ0) is 26.8. The van der Waals surface area contributed by atoms with Crippen LogP contribution < -0.4 is 5.56 Å². The molecule has 1 aliphatic carbocycles. The van der Waals surface area contributed by atoms with Gasteiger partial charge < -0.3 is 4.98 Å². The molecule has 1 saturated carbocycles. The molecule has 0 radical (unpaired) electrons. The van der Waals surface area contributed by atoms with Gasteiger partial charge in [-0.3, -0.25) is 14.7 Å². The second-order valence-corrected chi connectivity index (χ2v) is 10.7. The van der Waals surface area contributed by atoms with Crippen molar-refractivity contribution in [2.75, 3.05) is 0 Å². The van der Waals surface area contributed by atoms with Gasteiger partial charge in [-0.05, 0) is 77.4 Å². The number of tetrazole rings is 1. The van der Waals surface area contributed by atoms with Crippen molar-refractivity contribution in [1.29, 1.82) is 0 Å². The molecule has 0 spiro atoms. The lowest BCUT2D eigenvalue weighted by molar-refractivity contribution is 0.190. The Balaban J connectivity index is 1.55. The predicted octanol–water partition coefficient (Wildman–Crippen LogP) is 5.43. The monoisotopic (exact) mass is 519 g/mol. The van der Waals surface area contributed by atoms with Gasteiger partial charge in [0.1, 0.15) is 6.04 Å². The molecule has 5 aromatic rings. The van der Waals surface area contributed by atoms with Gasteiger partial charge in [-0.2, -0.15) is 0 Å². The lowest BCUT2D eigenvalue weighted by Gasteiger charge is -2.32. The summed E-state index contributed by atoms with van der Waals surface area (Å²) in [4.78, 5) is 23.7. The van der Waals surface area contributed by atoms with Gasteiger partial charge in [0.2, 0.25) is 0 Å². The van der Waals surface area contributed by atoms with Crippen molar-refractivity contribution in [3.05, 3.63) is 117 Å². The van der Waals surface area contributed by atoms with Crippen molar-refractivity contribution in [3.8, 4) is 0 Å². The number of nitrogens with zero attached hydrogens (tertiary/aromatic N) is 6. The Labute approximate surface area is 227 Å². The zero-order valence-corrected chi connectivity index (χ0v) is 22.4. The predicted molar refractivity (Wildman–Crippen MR) is 151 cm³/mol. The van der Waals surface area contributed by atoms with E-state index in [0.29, 0.717) is 24.5 Å². The average molecular weight is 520 g/mol. The molecule has 3 heterocycles. The molecule has 198 valence electrons. The maximum atomic E-state index is 13.9. The van der Waals surface area contributed by atoms with E-state index in [1.165, 1.54) is 0 Å². The highest BCUT2D eigenvalue weighted by Gasteiger charge is 2.33. The number of fused-ring (bicyclic) bond motifs is 1. The van der Waals surface area contributed by atoms with Crippen LogP contribution in [0.4, 0.5) is 0 Å². The molecule has 0 aliphatic heterocycles. The Morgan fingerprint density at radius 2 is 1.77 bits per heavy atom. The molecular formula is C31H33N7O. The second kappa shape index (κ2) is 10.9. The summed E-state index contributed by atoms with van der Waals surface area (Å²) in [6.45, 7) is 5.31. The number of pyridine rings is 2. The highest BCUT2D eigenvalue weighted by Crippen LogP contribution is 2.35. The summed E-state index contributed by atoms with van der Waals surface area (Å²) in [5, 5.41) is 14.2. The van der Waals surface area contributed by atoms with Gasteiger partial charge in [-0.15, -0.1) is 5.10 Å². The molecule has 0 unspecified atom stereocenters. The molecule has 0 saturated heterocycles. The molecule has 39 heavy (non-hydrogen) atoms. The minimum absolute atomic E-state index is 0.121. The van der Waals surface area contributed by atoms with E-state index in [1.54, 1.807) is 6.20 Å². The third-order valence-electron chi connectivity index (χ3n) is 7.75. The van der Waals surface area contributed by atoms with Crippen LogP contribution in [0.5, 0.6) is 0 Å². The van der Waals surface area contributed by atoms with Crippen molar-refractivity contribution < 1.29 is 0 Å². The van der Waals surface area contributed by atoms with Crippen molar-refractivity contribution >= 4 is 10.9 Å². The van der Waals surface area contributed by atoms with Gasteiger partial charge in [-0.25, -0.2) is 4.68 Å². The number of aryl methyl sites for hydroxylation is 2. The highest BCUT2D eigenvalue weighted by atomic mass is 16.1. The van der Waals surface area contributed by atoms with E-state index in [0.717, 1.165) is 58.8 Å². The maximum absolute atomic E-state index is 13.9. The molecule has 6 rings (SSSR count). The number of H-pyrrole nitrogens is 1. The van der Waals surface area contributed by atoms with Crippen LogP contribution in [-0.2, 0) is 13.1 Å². The van der Waals surface area contributed by atoms with Crippen LogP contribution in [-0.4, -0.2) is 35.1 Å². The Hall–Kier alpha value is -4.17. The van der Waals surface area contributed by atoms with E-state index in [1.807, 2.05) is 48.1 Å². The number of rotatable bonds is 8. The molecular weight excluding hydrogens is 486 g/mol. The van der Waals surface area contributed by atoms with Crippen molar-refractivity contribution in [2.24, 2.45) is 0 Å². The van der Waals surface area contributed by atoms with Gasteiger partial charge in [0, 0.05) is 31.0 Å². The van der Waals surface area contributed by atoms with Crippen LogP contribution in [0.3, 0.4) is 0 Å². The van der Waals surface area contributed by atoms with Gasteiger partial charge in [0.25, 0.3) is 5.56 Å². The largest absolute Gasteiger partial charge is 0.321 e. The van der Waals surface area contributed by atoms with E-state index < -0.39 is 6.04 Å². The van der Waals surface area contributed by atoms with Crippen LogP contribution >= 0.6 is 0 Å². The third-order valence-corrected chi connectivity index (χ3v) is 7.75. The summed E-state index contributed by atoms with van der Waals surface area (Å²) in [5.74, 6) is 0.705. The van der Waals surface area contributed by atoms with Crippen LogP contribution in [0.15, 0.2) is 77.9 Å². The lowest BCUT2D eigenvalue weighted by Crippen LogP contribution is -2.35. The summed E-state index contributed by atoms with van der Waals surface area (Å²) in [6, 6.07) is 20.4. The second-order valence-electron chi connectivity index (χ2n) is 10.7. The highest BCUT2D eigenvalue weighted by molar-refractivity contribution is 5.83. The lowest BCUT2D eigenvalue weighted by atomic mass is 9.99. The molecule has 1 aliphatic rings. The Morgan fingerprint density at radius 1 is 1.00 bits per heavy atom. The van der Waals surface area contributed by atoms with E-state index in [2.05, 4.69) is 67.6 Å². The zero-order valence-electron chi connectivity index (χ0n) is 22.4. The first-order valence-electron chi connectivity index (χ1n) is 13.7. The first-order valence-corrected chi connectivity index (χ1v) is 13.7. The molecule has 3 aromatic heterocycles. The van der Waals surface area contributed by atoms with Crippen LogP contribution in [0.1, 0.15) is 71.4 Å². The minimum atomic E-state index is -0.463. The van der Waals surface area contributed by atoms with Crippen molar-refractivity contribution in [1.82, 2.24) is 35.1 Å². The first kappa shape index (κ1) is 25.1. The third kappa shape index (κ3) is 5.25. The normalized spacial score (nSPS) is 14.8. The Morgan fingerprint density at radius 3 is 2.54 bits per heavy atom. The number of nitrogens with one attached hydrogen (secondary N) is 1. The number of hydrogen-bond donors (Lipinski definition) is 1. The van der Waals surface area contributed by atoms with Crippen molar-refractivity contribution in [2.45, 2.75) is 64.7 Å². The molecule has 1 N–H and O–H groups in total. The van der Waals surface area contributed by atoms with E-state index in [9.17, 15) is 4.79 Å². The van der Waals surface area contributed by atoms with Crippen LogP contribution in [0.25, 0.3) is 10.9 Å². The number of benzene rings is 2. The molecule has 0 bridgehead atoms. The van der Waals surface area contributed by atoms with Crippen molar-refractivity contribution in [3.63, 3.8) is 0 Å². The van der Waals surface area contributed by atoms with Crippen LogP contribution in [0, 0.1) is 13.8 Å². The fourth-order valence-corrected chi connectivity index (χ4v) is 5.98. The van der Waals surface area contributed by atoms with Gasteiger partial charge in [0.15, 0.2) is 5.82 Å². The van der Waals surface area contributed by atoms with E-state index >= 15 is 0 Å². The standard InChI is InChI=1S/C31H33N7O/c1-21-15-22(2)28-25(16-21)17-27(31(39)33-28)29(30-34-35-36-38(30)26-12-6-7-13-26)37(19-23-9-4-3-5-10-23)20-24-11-8-14-32-18-24/h3-5,8-11,14-18,26,29H,6-7,12-13,19-20H2,1-2H3,(H,33,39)/t29-/m0/s1. The smallest absolute Gasteiger partial charge is 0.253 e. The molecule has 1 fully saturated rings. The van der Waals surface area contributed by atoms with Gasteiger partial charge in [-0.1, -0.05) is 60.9 Å². The SMILES string of the molecule is Cc1cc(C)c2[nH]c(=O)c([C@@H](c3nnnn3C3CCCC3)N(Cc3ccccc3)Cc3cccnc3)cc2c1. The summed E-state index contributed by atoms with van der Waals surface area (Å²) >= 11 is 0. The summed E-state index contributed by atoms with van der Waals surface area (Å²) < 4.78 is 1.98. The molecule has 1 atom stereocenters. The molecule has 0 amide bonds. The maximum Gasteiger partial charge on any atom is 0.253 e. The number of hydrogen-bond acceptors (Lipinski definition) is 6. The quantitative estimate of drug-likeness (QED) is 0.294. The molecule has 2 aromatic carbocycles.